The number of hydroxylamine groups is 1. The molecule has 0 radical (unpaired) electrons. The van der Waals surface area contributed by atoms with Crippen LogP contribution in [-0.2, 0) is 4.94 Å². The van der Waals surface area contributed by atoms with Gasteiger partial charge in [-0.25, -0.2) is 0 Å². The molecule has 1 unspecified atom stereocenters. The predicted molar refractivity (Wildman–Crippen MR) is 52.5 cm³/mol. The molecular weight excluding hydrogens is 264 g/mol. The summed E-state index contributed by atoms with van der Waals surface area (Å²) in [5, 5.41) is 31.4. The van der Waals surface area contributed by atoms with Crippen molar-refractivity contribution in [2.45, 2.75) is 6.17 Å². The smallest absolute Gasteiger partial charge is 0.418 e. The van der Waals surface area contributed by atoms with Crippen LogP contribution in [0.15, 0.2) is 31.4 Å². The van der Waals surface area contributed by atoms with Crippen LogP contribution in [-0.4, -0.2) is 32.3 Å². The number of hydrogen-bond acceptors (Lipinski definition) is 9. The molecule has 1 aliphatic heterocycles. The molecule has 0 fully saturated rings. The summed E-state index contributed by atoms with van der Waals surface area (Å²) in [5.74, 6) is -0.597. The molecule has 0 amide bonds. The van der Waals surface area contributed by atoms with Gasteiger partial charge in [0.25, 0.3) is 0 Å². The SMILES string of the molecule is [N-]=[N+]=NC1=NON(N=[N+]=[N-])C1N=[N+]([O-])c1cnon1. The third-order valence-electron chi connectivity index (χ3n) is 1.69. The van der Waals surface area contributed by atoms with Gasteiger partial charge in [0.05, 0.1) is 0 Å². The van der Waals surface area contributed by atoms with Crippen LogP contribution in [0.2, 0.25) is 0 Å². The Balaban J connectivity index is 2.32. The highest BCUT2D eigenvalue weighted by Crippen LogP contribution is 2.17. The van der Waals surface area contributed by atoms with Crippen LogP contribution < -0.4 is 0 Å². The molecule has 0 bridgehead atoms. The van der Waals surface area contributed by atoms with E-state index in [2.05, 4.69) is 50.3 Å². The van der Waals surface area contributed by atoms with Crippen molar-refractivity contribution in [3.05, 3.63) is 32.3 Å². The second-order valence-corrected chi connectivity index (χ2v) is 2.73. The highest BCUT2D eigenvalue weighted by atomic mass is 16.8. The quantitative estimate of drug-likeness (QED) is 0.257. The summed E-state index contributed by atoms with van der Waals surface area (Å²) < 4.78 is 4.21. The van der Waals surface area contributed by atoms with Crippen LogP contribution in [0, 0.1) is 5.21 Å². The fourth-order valence-electron chi connectivity index (χ4n) is 0.993. The number of hydrogen-bond donors (Lipinski definition) is 0. The van der Waals surface area contributed by atoms with E-state index < -0.39 is 6.17 Å². The third-order valence-corrected chi connectivity index (χ3v) is 1.69. The van der Waals surface area contributed by atoms with Crippen LogP contribution in [0.5, 0.6) is 0 Å². The molecule has 96 valence electrons. The summed E-state index contributed by atoms with van der Waals surface area (Å²) in [7, 11) is 0. The van der Waals surface area contributed by atoms with Crippen molar-refractivity contribution >= 4 is 11.7 Å². The first-order valence-electron chi connectivity index (χ1n) is 4.36. The summed E-state index contributed by atoms with van der Waals surface area (Å²) in [4.78, 5) is 9.40. The van der Waals surface area contributed by atoms with Crippen LogP contribution in [0.1, 0.15) is 0 Å². The van der Waals surface area contributed by atoms with Crippen molar-refractivity contribution in [2.24, 2.45) is 20.6 Å². The number of nitrogens with zero attached hydrogens (tertiary/aromatic N) is 12. The third kappa shape index (κ3) is 2.41. The maximum atomic E-state index is 11.5. The predicted octanol–water partition coefficient (Wildman–Crippen LogP) is 1.09. The number of oxime groups is 1. The minimum atomic E-state index is -1.36. The fourth-order valence-corrected chi connectivity index (χ4v) is 0.993. The van der Waals surface area contributed by atoms with Gasteiger partial charge in [-0.1, -0.05) is 5.11 Å². The molecule has 2 heterocycles. The maximum absolute atomic E-state index is 11.5. The van der Waals surface area contributed by atoms with Gasteiger partial charge in [-0.15, -0.1) is 15.0 Å². The maximum Gasteiger partial charge on any atom is 0.418 e. The zero-order valence-corrected chi connectivity index (χ0v) is 8.75. The van der Waals surface area contributed by atoms with E-state index in [0.717, 1.165) is 6.20 Å². The molecule has 1 aliphatic rings. The van der Waals surface area contributed by atoms with Gasteiger partial charge >= 0.3 is 12.0 Å². The Morgan fingerprint density at radius 3 is 2.95 bits per heavy atom. The van der Waals surface area contributed by atoms with E-state index in [1.807, 2.05) is 0 Å². The fraction of sp³-hybridized carbons (Fsp3) is 0.250. The van der Waals surface area contributed by atoms with Gasteiger partial charge in [0.15, 0.2) is 11.4 Å². The number of azide groups is 2. The number of aromatic nitrogens is 2. The summed E-state index contributed by atoms with van der Waals surface area (Å²) in [5.41, 5.74) is 16.6. The van der Waals surface area contributed by atoms with Gasteiger partial charge < -0.3 is 5.21 Å². The van der Waals surface area contributed by atoms with E-state index in [9.17, 15) is 5.21 Å². The van der Waals surface area contributed by atoms with E-state index in [1.165, 1.54) is 0 Å². The molecule has 1 aromatic heterocycles. The van der Waals surface area contributed by atoms with Crippen LogP contribution in [0.3, 0.4) is 0 Å². The van der Waals surface area contributed by atoms with Gasteiger partial charge in [-0.05, 0) is 21.0 Å². The van der Waals surface area contributed by atoms with Crippen LogP contribution in [0.4, 0.5) is 5.82 Å². The first-order chi connectivity index (χ1) is 9.26. The van der Waals surface area contributed by atoms with E-state index in [4.69, 9.17) is 11.1 Å². The van der Waals surface area contributed by atoms with E-state index in [-0.39, 0.29) is 16.5 Å². The van der Waals surface area contributed by atoms with Crippen molar-refractivity contribution < 1.29 is 14.4 Å². The minimum absolute atomic E-state index is 0.0121. The van der Waals surface area contributed by atoms with Gasteiger partial charge in [-0.3, -0.25) is 0 Å². The average Bonchev–Trinajstić information content (AvgIpc) is 3.03. The van der Waals surface area contributed by atoms with Crippen LogP contribution >= 0.6 is 0 Å². The highest BCUT2D eigenvalue weighted by molar-refractivity contribution is 5.88. The number of amidine groups is 1. The Hall–Kier alpha value is -3.57. The van der Waals surface area contributed by atoms with Crippen molar-refractivity contribution in [1.82, 2.24) is 15.5 Å². The Labute approximate surface area is 102 Å². The average molecular weight is 266 g/mol. The molecule has 0 aromatic carbocycles. The Bertz CT molecular complexity index is 605. The molecule has 1 atom stereocenters. The lowest BCUT2D eigenvalue weighted by atomic mass is 10.5. The van der Waals surface area contributed by atoms with Crippen molar-refractivity contribution in [2.75, 3.05) is 0 Å². The molecule has 15 nitrogen and oxygen atoms in total. The standard InChI is InChI=1S/C4H2N12O3/c5-12-8-3-4(16(14-13-6)19-11-3)9-15(17)2-1-7-18-10-2/h1,4H. The topological polar surface area (TPSA) is 200 Å². The summed E-state index contributed by atoms with van der Waals surface area (Å²) in [6, 6.07) is 0. The monoisotopic (exact) mass is 266 g/mol. The highest BCUT2D eigenvalue weighted by Gasteiger charge is 2.37. The second-order valence-electron chi connectivity index (χ2n) is 2.73. The Kier molecular flexibility index (Phi) is 3.24. The lowest BCUT2D eigenvalue weighted by Gasteiger charge is -2.07. The molecule has 0 aliphatic carbocycles. The van der Waals surface area contributed by atoms with E-state index >= 15 is 0 Å². The lowest BCUT2D eigenvalue weighted by molar-refractivity contribution is -0.455. The van der Waals surface area contributed by atoms with Crippen molar-refractivity contribution in [3.8, 4) is 0 Å². The molecule has 15 heteroatoms. The molecule has 0 saturated carbocycles. The van der Waals surface area contributed by atoms with Gasteiger partial charge in [0, 0.05) is 15.3 Å². The second kappa shape index (κ2) is 5.17. The molecule has 0 N–H and O–H groups in total. The molecule has 2 rings (SSSR count). The lowest BCUT2D eigenvalue weighted by Crippen LogP contribution is -2.28. The molecule has 0 saturated heterocycles. The van der Waals surface area contributed by atoms with Gasteiger partial charge in [0.1, 0.15) is 0 Å². The van der Waals surface area contributed by atoms with Crippen molar-refractivity contribution in [3.63, 3.8) is 0 Å². The minimum Gasteiger partial charge on any atom is -0.691 e. The number of azo groups is 1. The molecule has 0 spiro atoms. The number of rotatable bonds is 3. The van der Waals surface area contributed by atoms with Gasteiger partial charge in [-0.2, -0.15) is 9.85 Å². The summed E-state index contributed by atoms with van der Waals surface area (Å²) in [6.07, 6.45) is -0.366. The zero-order chi connectivity index (χ0) is 13.7. The largest absolute Gasteiger partial charge is 0.691 e. The zero-order valence-electron chi connectivity index (χ0n) is 8.75. The van der Waals surface area contributed by atoms with E-state index in [0.29, 0.717) is 5.17 Å². The summed E-state index contributed by atoms with van der Waals surface area (Å²) in [6.45, 7) is 0. The molecule has 1 aromatic rings. The summed E-state index contributed by atoms with van der Waals surface area (Å²) >= 11 is 0. The van der Waals surface area contributed by atoms with Gasteiger partial charge in [0.2, 0.25) is 5.84 Å². The van der Waals surface area contributed by atoms with Crippen LogP contribution in [0.25, 0.3) is 20.9 Å². The first kappa shape index (κ1) is 11.9. The Morgan fingerprint density at radius 2 is 2.32 bits per heavy atom. The molecular formula is C4H2N12O3. The van der Waals surface area contributed by atoms with Crippen molar-refractivity contribution in [1.29, 1.82) is 0 Å². The van der Waals surface area contributed by atoms with E-state index in [1.54, 1.807) is 0 Å². The Morgan fingerprint density at radius 1 is 1.47 bits per heavy atom. The first-order valence-corrected chi connectivity index (χ1v) is 4.36. The molecule has 19 heavy (non-hydrogen) atoms. The normalized spacial score (nSPS) is 18.1.